The lowest BCUT2D eigenvalue weighted by Gasteiger charge is -2.15. The number of phosphoric acid groups is 1. The molecular weight excluding hydrogens is 279 g/mol. The molecule has 0 aliphatic carbocycles. The van der Waals surface area contributed by atoms with Crippen molar-refractivity contribution in [2.75, 3.05) is 0 Å². The van der Waals surface area contributed by atoms with E-state index in [9.17, 15) is 9.67 Å². The molecule has 0 spiro atoms. The van der Waals surface area contributed by atoms with Gasteiger partial charge in [0, 0.05) is 10.8 Å². The van der Waals surface area contributed by atoms with E-state index >= 15 is 0 Å². The van der Waals surface area contributed by atoms with E-state index in [-0.39, 0.29) is 17.2 Å². The fraction of sp³-hybridized carbons (Fsp3) is 0. The molecule has 3 aromatic carbocycles. The summed E-state index contributed by atoms with van der Waals surface area (Å²) in [6, 6.07) is 11.4. The summed E-state index contributed by atoms with van der Waals surface area (Å²) in [6.07, 6.45) is 0. The Labute approximate surface area is 112 Å². The number of phenolic OH excluding ortho intramolecular Hbond substituents is 1. The average Bonchev–Trinajstić information content (AvgIpc) is 2.97. The number of hydrogen-bond donors (Lipinski definition) is 1. The maximum Gasteiger partial charge on any atom is 0.647 e. The molecule has 0 saturated heterocycles. The van der Waals surface area contributed by atoms with Crippen LogP contribution < -0.4 is 13.6 Å². The van der Waals surface area contributed by atoms with Crippen LogP contribution in [0.4, 0.5) is 0 Å². The van der Waals surface area contributed by atoms with E-state index in [4.69, 9.17) is 13.6 Å². The van der Waals surface area contributed by atoms with E-state index in [1.165, 1.54) is 0 Å². The Balaban J connectivity index is 2.09. The van der Waals surface area contributed by atoms with Crippen molar-refractivity contribution in [3.63, 3.8) is 0 Å². The lowest BCUT2D eigenvalue weighted by Crippen LogP contribution is -1.98. The van der Waals surface area contributed by atoms with Crippen LogP contribution in [-0.4, -0.2) is 5.11 Å². The summed E-state index contributed by atoms with van der Waals surface area (Å²) >= 11 is 0. The molecule has 0 aromatic heterocycles. The molecule has 2 bridgehead atoms. The normalized spacial score (nSPS) is 21.8. The van der Waals surface area contributed by atoms with Crippen LogP contribution in [0.15, 0.2) is 36.4 Å². The second kappa shape index (κ2) is 3.02. The predicted octanol–water partition coefficient (Wildman–Crippen LogP) is 3.97. The summed E-state index contributed by atoms with van der Waals surface area (Å²) in [4.78, 5) is 0. The van der Waals surface area contributed by atoms with Gasteiger partial charge in [-0.05, 0) is 16.8 Å². The molecule has 20 heavy (non-hydrogen) atoms. The van der Waals surface area contributed by atoms with Crippen molar-refractivity contribution in [2.24, 2.45) is 0 Å². The summed E-state index contributed by atoms with van der Waals surface area (Å²) in [5, 5.41) is 13.5. The summed E-state index contributed by atoms with van der Waals surface area (Å²) in [5.74, 6) is 0.664. The van der Waals surface area contributed by atoms with Crippen LogP contribution in [-0.2, 0) is 4.57 Å². The fourth-order valence-corrected chi connectivity index (χ4v) is 4.10. The molecule has 0 radical (unpaired) electrons. The molecule has 0 amide bonds. The highest BCUT2D eigenvalue weighted by molar-refractivity contribution is 7.50. The first-order valence-corrected chi connectivity index (χ1v) is 7.51. The van der Waals surface area contributed by atoms with E-state index in [1.807, 2.05) is 30.3 Å². The first-order chi connectivity index (χ1) is 9.66. The number of aromatic hydroxyl groups is 1. The van der Waals surface area contributed by atoms with Crippen molar-refractivity contribution in [1.29, 1.82) is 0 Å². The highest BCUT2D eigenvalue weighted by atomic mass is 31.2. The molecule has 6 heteroatoms. The van der Waals surface area contributed by atoms with Gasteiger partial charge in [0.1, 0.15) is 0 Å². The van der Waals surface area contributed by atoms with Gasteiger partial charge in [0.15, 0.2) is 11.5 Å². The first kappa shape index (κ1) is 10.4. The number of phosphoric ester groups is 1. The zero-order valence-electron chi connectivity index (χ0n) is 9.99. The van der Waals surface area contributed by atoms with Crippen LogP contribution in [0, 0.1) is 0 Å². The maximum atomic E-state index is 12.1. The van der Waals surface area contributed by atoms with Crippen LogP contribution >= 0.6 is 7.82 Å². The molecule has 2 heterocycles. The third-order valence-electron chi connectivity index (χ3n) is 3.65. The van der Waals surface area contributed by atoms with Gasteiger partial charge >= 0.3 is 7.82 Å². The highest BCUT2D eigenvalue weighted by Crippen LogP contribution is 2.73. The van der Waals surface area contributed by atoms with Crippen LogP contribution in [0.3, 0.4) is 0 Å². The Hall–Kier alpha value is -2.39. The van der Waals surface area contributed by atoms with Gasteiger partial charge in [-0.2, -0.15) is 4.57 Å². The molecule has 98 valence electrons. The Morgan fingerprint density at radius 3 is 2.45 bits per heavy atom. The summed E-state index contributed by atoms with van der Waals surface area (Å²) in [7, 11) is -3.62. The summed E-state index contributed by atoms with van der Waals surface area (Å²) in [5.41, 5.74) is 0. The van der Waals surface area contributed by atoms with Crippen molar-refractivity contribution in [3.05, 3.63) is 36.4 Å². The number of phenols is 1. The Morgan fingerprint density at radius 1 is 0.850 bits per heavy atom. The predicted molar refractivity (Wildman–Crippen MR) is 72.6 cm³/mol. The second-order valence-corrected chi connectivity index (χ2v) is 6.21. The quantitative estimate of drug-likeness (QED) is 0.500. The van der Waals surface area contributed by atoms with Crippen LogP contribution in [0.1, 0.15) is 0 Å². The smallest absolute Gasteiger partial charge is 0.504 e. The number of benzene rings is 3. The lowest BCUT2D eigenvalue weighted by atomic mass is 9.99. The maximum absolute atomic E-state index is 12.1. The molecule has 1 unspecified atom stereocenters. The van der Waals surface area contributed by atoms with Gasteiger partial charge in [0.2, 0.25) is 11.5 Å². The zero-order chi connectivity index (χ0) is 13.5. The van der Waals surface area contributed by atoms with Crippen molar-refractivity contribution in [2.45, 2.75) is 0 Å². The Morgan fingerprint density at radius 2 is 1.60 bits per heavy atom. The van der Waals surface area contributed by atoms with Gasteiger partial charge < -0.3 is 18.7 Å². The number of rotatable bonds is 0. The molecular formula is C14H7O5P. The molecule has 0 saturated carbocycles. The molecule has 5 rings (SSSR count). The van der Waals surface area contributed by atoms with Gasteiger partial charge in [-0.1, -0.05) is 30.3 Å². The molecule has 0 fully saturated rings. The monoisotopic (exact) mass is 286 g/mol. The van der Waals surface area contributed by atoms with Crippen molar-refractivity contribution in [1.82, 2.24) is 0 Å². The van der Waals surface area contributed by atoms with Gasteiger partial charge in [-0.15, -0.1) is 0 Å². The molecule has 2 aliphatic rings. The molecule has 1 N–H and O–H groups in total. The van der Waals surface area contributed by atoms with Crippen LogP contribution in [0.25, 0.3) is 21.5 Å². The van der Waals surface area contributed by atoms with Crippen molar-refractivity contribution in [3.8, 4) is 23.0 Å². The third kappa shape index (κ3) is 1.04. The van der Waals surface area contributed by atoms with Crippen LogP contribution in [0.5, 0.6) is 23.0 Å². The standard InChI is InChI=1S/C14H7O5P/c15-11-9-6-5-7-3-1-2-4-8(7)10(9)12-14-13(11)18-20(16,17-12)19-14/h1-6,15H. The van der Waals surface area contributed by atoms with Crippen LogP contribution in [0.2, 0.25) is 0 Å². The number of fused-ring (bicyclic) bond motifs is 5. The number of hydrogen-bond acceptors (Lipinski definition) is 5. The van der Waals surface area contributed by atoms with E-state index in [0.29, 0.717) is 16.5 Å². The summed E-state index contributed by atoms with van der Waals surface area (Å²) < 4.78 is 27.7. The van der Waals surface area contributed by atoms with Gasteiger partial charge in [-0.25, -0.2) is 0 Å². The van der Waals surface area contributed by atoms with E-state index in [1.54, 1.807) is 6.07 Å². The highest BCUT2D eigenvalue weighted by Gasteiger charge is 2.52. The lowest BCUT2D eigenvalue weighted by molar-refractivity contribution is 0.347. The van der Waals surface area contributed by atoms with Gasteiger partial charge in [0.25, 0.3) is 0 Å². The molecule has 3 aromatic rings. The zero-order valence-corrected chi connectivity index (χ0v) is 10.9. The van der Waals surface area contributed by atoms with Gasteiger partial charge in [0.05, 0.1) is 0 Å². The minimum atomic E-state index is -3.62. The Bertz CT molecular complexity index is 978. The molecule has 1 atom stereocenters. The average molecular weight is 286 g/mol. The van der Waals surface area contributed by atoms with Crippen molar-refractivity contribution >= 4 is 29.4 Å². The SMILES string of the molecule is O=P12Oc3c(c(c4c(ccc5ccccc54)c3O)O1)O2. The Kier molecular flexibility index (Phi) is 1.57. The summed E-state index contributed by atoms with van der Waals surface area (Å²) in [6.45, 7) is 0. The fourth-order valence-electron chi connectivity index (χ4n) is 2.81. The molecule has 5 nitrogen and oxygen atoms in total. The third-order valence-corrected chi connectivity index (χ3v) is 4.87. The first-order valence-electron chi connectivity index (χ1n) is 6.05. The van der Waals surface area contributed by atoms with Crippen molar-refractivity contribution < 1.29 is 23.2 Å². The minimum absolute atomic E-state index is 0.0643. The second-order valence-electron chi connectivity index (χ2n) is 4.77. The van der Waals surface area contributed by atoms with E-state index < -0.39 is 7.82 Å². The minimum Gasteiger partial charge on any atom is -0.504 e. The van der Waals surface area contributed by atoms with Gasteiger partial charge in [-0.3, -0.25) is 0 Å². The topological polar surface area (TPSA) is 65.0 Å². The van der Waals surface area contributed by atoms with E-state index in [0.717, 1.165) is 10.8 Å². The molecule has 2 aliphatic heterocycles. The largest absolute Gasteiger partial charge is 0.647 e. The van der Waals surface area contributed by atoms with E-state index in [2.05, 4.69) is 0 Å².